The highest BCUT2D eigenvalue weighted by molar-refractivity contribution is 9.10. The smallest absolute Gasteiger partial charge is 0.410 e. The van der Waals surface area contributed by atoms with E-state index in [1.165, 1.54) is 16.8 Å². The van der Waals surface area contributed by atoms with Gasteiger partial charge in [-0.2, -0.15) is 0 Å². The van der Waals surface area contributed by atoms with Crippen LogP contribution in [0.2, 0.25) is 0 Å². The van der Waals surface area contributed by atoms with Crippen LogP contribution in [-0.4, -0.2) is 49.4 Å². The van der Waals surface area contributed by atoms with Crippen LogP contribution >= 0.6 is 15.9 Å². The van der Waals surface area contributed by atoms with Crippen LogP contribution in [0.15, 0.2) is 10.5 Å². The van der Waals surface area contributed by atoms with Gasteiger partial charge in [0.1, 0.15) is 18.0 Å². The molecule has 0 aromatic heterocycles. The van der Waals surface area contributed by atoms with E-state index in [1.54, 1.807) is 0 Å². The molecule has 0 saturated carbocycles. The molecule has 0 fully saturated rings. The SMILES string of the molecule is CC(C)CN1CCOc2cc3c(c(Br)c21)CCN(C(=O)OC(C)(C)C)CC3. The number of amides is 1. The molecule has 0 atom stereocenters. The van der Waals surface area contributed by atoms with Gasteiger partial charge in [0, 0.05) is 24.1 Å². The Labute approximate surface area is 171 Å². The van der Waals surface area contributed by atoms with Crippen LogP contribution in [0, 0.1) is 5.92 Å². The molecule has 0 N–H and O–H groups in total. The Morgan fingerprint density at radius 1 is 1.26 bits per heavy atom. The number of nitrogens with zero attached hydrogens (tertiary/aromatic N) is 2. The Bertz CT molecular complexity index is 712. The van der Waals surface area contributed by atoms with Crippen molar-refractivity contribution in [3.63, 3.8) is 0 Å². The van der Waals surface area contributed by atoms with Gasteiger partial charge in [0.2, 0.25) is 0 Å². The van der Waals surface area contributed by atoms with E-state index in [0.29, 0.717) is 19.0 Å². The van der Waals surface area contributed by atoms with Gasteiger partial charge in [-0.15, -0.1) is 0 Å². The average Bonchev–Trinajstić information content (AvgIpc) is 2.76. The Hall–Kier alpha value is -1.43. The zero-order valence-electron chi connectivity index (χ0n) is 17.1. The number of hydrogen-bond donors (Lipinski definition) is 0. The fourth-order valence-corrected chi connectivity index (χ4v) is 4.63. The minimum absolute atomic E-state index is 0.228. The lowest BCUT2D eigenvalue weighted by molar-refractivity contribution is 0.0258. The Morgan fingerprint density at radius 2 is 1.96 bits per heavy atom. The van der Waals surface area contributed by atoms with Crippen LogP contribution in [0.4, 0.5) is 10.5 Å². The monoisotopic (exact) mass is 438 g/mol. The summed E-state index contributed by atoms with van der Waals surface area (Å²) in [5.41, 5.74) is 3.25. The molecule has 5 nitrogen and oxygen atoms in total. The first-order valence-corrected chi connectivity index (χ1v) is 10.6. The molecule has 0 saturated heterocycles. The van der Waals surface area contributed by atoms with E-state index in [9.17, 15) is 4.79 Å². The third-order valence-electron chi connectivity index (χ3n) is 4.85. The van der Waals surface area contributed by atoms with Gasteiger partial charge < -0.3 is 19.3 Å². The molecule has 0 spiro atoms. The van der Waals surface area contributed by atoms with Gasteiger partial charge in [0.25, 0.3) is 0 Å². The Morgan fingerprint density at radius 3 is 2.63 bits per heavy atom. The topological polar surface area (TPSA) is 42.0 Å². The van der Waals surface area contributed by atoms with Gasteiger partial charge in [-0.1, -0.05) is 13.8 Å². The molecular weight excluding hydrogens is 408 g/mol. The van der Waals surface area contributed by atoms with Crippen LogP contribution < -0.4 is 9.64 Å². The van der Waals surface area contributed by atoms with E-state index >= 15 is 0 Å². The molecule has 6 heteroatoms. The molecule has 150 valence electrons. The number of fused-ring (bicyclic) bond motifs is 2. The molecule has 2 aliphatic rings. The molecule has 1 aromatic rings. The highest BCUT2D eigenvalue weighted by Crippen LogP contribution is 2.43. The predicted molar refractivity (Wildman–Crippen MR) is 112 cm³/mol. The van der Waals surface area contributed by atoms with Crippen LogP contribution in [0.3, 0.4) is 0 Å². The minimum Gasteiger partial charge on any atom is -0.490 e. The Balaban J connectivity index is 1.85. The average molecular weight is 439 g/mol. The third-order valence-corrected chi connectivity index (χ3v) is 5.71. The summed E-state index contributed by atoms with van der Waals surface area (Å²) < 4.78 is 12.7. The maximum atomic E-state index is 12.5. The molecule has 27 heavy (non-hydrogen) atoms. The molecule has 1 amide bonds. The van der Waals surface area contributed by atoms with Gasteiger partial charge in [0.05, 0.1) is 12.2 Å². The second-order valence-corrected chi connectivity index (χ2v) is 9.62. The Kier molecular flexibility index (Phi) is 5.94. The van der Waals surface area contributed by atoms with Gasteiger partial charge in [-0.05, 0) is 72.7 Å². The van der Waals surface area contributed by atoms with Crippen LogP contribution in [0.25, 0.3) is 0 Å². The standard InChI is InChI=1S/C21H31BrN2O3/c1-14(2)13-24-10-11-26-17-12-15-6-8-23(20(25)27-21(3,4)5)9-7-16(15)18(22)19(17)24/h12,14H,6-11,13H2,1-5H3. The van der Waals surface area contributed by atoms with E-state index in [4.69, 9.17) is 9.47 Å². The molecule has 1 aromatic carbocycles. The van der Waals surface area contributed by atoms with Crippen molar-refractivity contribution < 1.29 is 14.3 Å². The van der Waals surface area contributed by atoms with Gasteiger partial charge in [0.15, 0.2) is 0 Å². The molecule has 0 aliphatic carbocycles. The predicted octanol–water partition coefficient (Wildman–Crippen LogP) is 4.64. The fraction of sp³-hybridized carbons (Fsp3) is 0.667. The minimum atomic E-state index is -0.471. The highest BCUT2D eigenvalue weighted by Gasteiger charge is 2.29. The van der Waals surface area contributed by atoms with Crippen molar-refractivity contribution >= 4 is 27.7 Å². The maximum Gasteiger partial charge on any atom is 0.410 e. The first-order chi connectivity index (χ1) is 12.7. The summed E-state index contributed by atoms with van der Waals surface area (Å²) in [6, 6.07) is 2.18. The second-order valence-electron chi connectivity index (χ2n) is 8.83. The van der Waals surface area contributed by atoms with E-state index in [-0.39, 0.29) is 6.09 Å². The molecule has 2 heterocycles. The summed E-state index contributed by atoms with van der Waals surface area (Å²) >= 11 is 3.87. The number of benzene rings is 1. The number of carbonyl (C=O) groups is 1. The summed E-state index contributed by atoms with van der Waals surface area (Å²) in [7, 11) is 0. The maximum absolute atomic E-state index is 12.5. The van der Waals surface area contributed by atoms with E-state index in [1.807, 2.05) is 25.7 Å². The van der Waals surface area contributed by atoms with Crippen molar-refractivity contribution in [2.24, 2.45) is 5.92 Å². The number of anilines is 1. The van der Waals surface area contributed by atoms with Gasteiger partial charge in [-0.25, -0.2) is 4.79 Å². The summed E-state index contributed by atoms with van der Waals surface area (Å²) in [6.07, 6.45) is 1.40. The third kappa shape index (κ3) is 4.71. The molecule has 3 rings (SSSR count). The van der Waals surface area contributed by atoms with E-state index in [2.05, 4.69) is 40.7 Å². The molecule has 0 radical (unpaired) electrons. The summed E-state index contributed by atoms with van der Waals surface area (Å²) in [6.45, 7) is 14.2. The fourth-order valence-electron chi connectivity index (χ4n) is 3.73. The van der Waals surface area contributed by atoms with E-state index in [0.717, 1.165) is 42.8 Å². The number of halogens is 1. The largest absolute Gasteiger partial charge is 0.490 e. The van der Waals surface area contributed by atoms with Crippen LogP contribution in [0.5, 0.6) is 5.75 Å². The second kappa shape index (κ2) is 7.90. The number of carbonyl (C=O) groups excluding carboxylic acids is 1. The summed E-state index contributed by atoms with van der Waals surface area (Å²) in [4.78, 5) is 16.7. The van der Waals surface area contributed by atoms with E-state index < -0.39 is 5.60 Å². The highest BCUT2D eigenvalue weighted by atomic mass is 79.9. The summed E-state index contributed by atoms with van der Waals surface area (Å²) in [5, 5.41) is 0. The quantitative estimate of drug-likeness (QED) is 0.674. The summed E-state index contributed by atoms with van der Waals surface area (Å²) in [5.74, 6) is 1.54. The number of hydrogen-bond acceptors (Lipinski definition) is 4. The molecular formula is C21H31BrN2O3. The number of ether oxygens (including phenoxy) is 2. The van der Waals surface area contributed by atoms with Crippen molar-refractivity contribution in [3.8, 4) is 5.75 Å². The van der Waals surface area contributed by atoms with Crippen molar-refractivity contribution in [3.05, 3.63) is 21.7 Å². The zero-order valence-corrected chi connectivity index (χ0v) is 18.7. The van der Waals surface area contributed by atoms with Crippen molar-refractivity contribution in [1.29, 1.82) is 0 Å². The van der Waals surface area contributed by atoms with Crippen LogP contribution in [-0.2, 0) is 17.6 Å². The van der Waals surface area contributed by atoms with Gasteiger partial charge >= 0.3 is 6.09 Å². The lowest BCUT2D eigenvalue weighted by Gasteiger charge is -2.34. The first kappa shape index (κ1) is 20.3. The molecule has 0 bridgehead atoms. The van der Waals surface area contributed by atoms with Crippen molar-refractivity contribution in [1.82, 2.24) is 4.90 Å². The van der Waals surface area contributed by atoms with Gasteiger partial charge in [-0.3, -0.25) is 0 Å². The molecule has 0 unspecified atom stereocenters. The lowest BCUT2D eigenvalue weighted by Crippen LogP contribution is -2.38. The lowest BCUT2D eigenvalue weighted by atomic mass is 10.00. The number of rotatable bonds is 2. The zero-order chi connectivity index (χ0) is 19.8. The van der Waals surface area contributed by atoms with Crippen molar-refractivity contribution in [2.75, 3.05) is 37.7 Å². The normalized spacial score (nSPS) is 17.1. The first-order valence-electron chi connectivity index (χ1n) is 9.85. The van der Waals surface area contributed by atoms with Crippen LogP contribution in [0.1, 0.15) is 45.7 Å². The molecule has 2 aliphatic heterocycles. The van der Waals surface area contributed by atoms with Crippen molar-refractivity contribution in [2.45, 2.75) is 53.1 Å².